The molecule has 3 rings (SSSR count). The molecule has 0 aliphatic carbocycles. The molecule has 0 amide bonds. The van der Waals surface area contributed by atoms with Crippen LogP contribution in [-0.2, 0) is 4.79 Å². The summed E-state index contributed by atoms with van der Waals surface area (Å²) in [5.74, 6) is 0.594. The Balaban J connectivity index is 1.63. The highest BCUT2D eigenvalue weighted by molar-refractivity contribution is 5.74. The van der Waals surface area contributed by atoms with Crippen LogP contribution in [0.15, 0.2) is 48.8 Å². The van der Waals surface area contributed by atoms with Gasteiger partial charge in [0.25, 0.3) is 0 Å². The molecule has 24 heavy (non-hydrogen) atoms. The Hall–Kier alpha value is -3.22. The lowest BCUT2D eigenvalue weighted by molar-refractivity contribution is -0.136. The number of benzene rings is 2. The van der Waals surface area contributed by atoms with Crippen LogP contribution < -0.4 is 9.47 Å². The molecule has 1 aromatic heterocycles. The van der Waals surface area contributed by atoms with Crippen molar-refractivity contribution >= 4 is 5.97 Å². The first-order chi connectivity index (χ1) is 11.6. The first-order valence-electron chi connectivity index (χ1n) is 7.36. The van der Waals surface area contributed by atoms with Crippen molar-refractivity contribution in [3.8, 4) is 17.2 Å². The van der Waals surface area contributed by atoms with Crippen LogP contribution >= 0.6 is 0 Å². The fourth-order valence-electron chi connectivity index (χ4n) is 2.15. The maximum absolute atomic E-state index is 12.0. The topological polar surface area (TPSA) is 79.1 Å². The number of carbonyl (C=O) groups is 1. The Morgan fingerprint density at radius 3 is 2.79 bits per heavy atom. The maximum Gasteiger partial charge on any atom is 0.349 e. The predicted molar refractivity (Wildman–Crippen MR) is 86.2 cm³/mol. The summed E-state index contributed by atoms with van der Waals surface area (Å²) in [6.45, 7) is 3.77. The molecule has 0 fully saturated rings. The molecule has 0 spiro atoms. The predicted octanol–water partition coefficient (Wildman–Crippen LogP) is 2.26. The minimum Gasteiger partial charge on any atom is -0.482 e. The van der Waals surface area contributed by atoms with Gasteiger partial charge in [0.1, 0.15) is 17.8 Å². The number of hydrogen-bond donors (Lipinski definition) is 0. The Labute approximate surface area is 138 Å². The molecule has 0 atom stereocenters. The van der Waals surface area contributed by atoms with E-state index in [1.807, 2.05) is 32.0 Å². The van der Waals surface area contributed by atoms with Crippen LogP contribution in [0.25, 0.3) is 5.69 Å². The van der Waals surface area contributed by atoms with Crippen LogP contribution in [0.1, 0.15) is 11.1 Å². The van der Waals surface area contributed by atoms with Crippen molar-refractivity contribution in [3.63, 3.8) is 0 Å². The highest BCUT2D eigenvalue weighted by atomic mass is 16.6. The number of nitrogens with zero attached hydrogens (tertiary/aromatic N) is 4. The molecule has 2 aromatic carbocycles. The number of hydrogen-bond acceptors (Lipinski definition) is 6. The molecule has 0 aliphatic heterocycles. The highest BCUT2D eigenvalue weighted by Crippen LogP contribution is 2.21. The maximum atomic E-state index is 12.0. The van der Waals surface area contributed by atoms with E-state index in [1.54, 1.807) is 24.3 Å². The summed E-state index contributed by atoms with van der Waals surface area (Å²) < 4.78 is 12.3. The molecular formula is C17H16N4O3. The number of rotatable bonds is 5. The summed E-state index contributed by atoms with van der Waals surface area (Å²) in [5, 5.41) is 10.9. The molecule has 122 valence electrons. The zero-order valence-electron chi connectivity index (χ0n) is 13.3. The molecule has 0 saturated carbocycles. The third-order valence-corrected chi connectivity index (χ3v) is 3.56. The largest absolute Gasteiger partial charge is 0.482 e. The fourth-order valence-corrected chi connectivity index (χ4v) is 2.15. The van der Waals surface area contributed by atoms with Crippen molar-refractivity contribution in [2.75, 3.05) is 6.61 Å². The third-order valence-electron chi connectivity index (χ3n) is 3.56. The first-order valence-corrected chi connectivity index (χ1v) is 7.36. The van der Waals surface area contributed by atoms with Gasteiger partial charge in [-0.3, -0.25) is 0 Å². The molecular weight excluding hydrogens is 308 g/mol. The SMILES string of the molecule is Cc1cccc(OCC(=O)Oc2cccc(-n3cnnn3)c2)c1C. The molecule has 7 heteroatoms. The molecule has 3 aromatic rings. The number of aromatic nitrogens is 4. The number of aryl methyl sites for hydroxylation is 1. The quantitative estimate of drug-likeness (QED) is 0.529. The van der Waals surface area contributed by atoms with E-state index in [0.717, 1.165) is 11.1 Å². The average molecular weight is 324 g/mol. The Kier molecular flexibility index (Phi) is 4.51. The van der Waals surface area contributed by atoms with Crippen LogP contribution in [-0.4, -0.2) is 32.8 Å². The molecule has 0 bridgehead atoms. The Morgan fingerprint density at radius 2 is 2.00 bits per heavy atom. The van der Waals surface area contributed by atoms with Crippen LogP contribution in [0.3, 0.4) is 0 Å². The minimum atomic E-state index is -0.482. The Morgan fingerprint density at radius 1 is 1.17 bits per heavy atom. The van der Waals surface area contributed by atoms with Crippen LogP contribution in [0.5, 0.6) is 11.5 Å². The normalized spacial score (nSPS) is 10.4. The van der Waals surface area contributed by atoms with Gasteiger partial charge in [0.05, 0.1) is 5.69 Å². The van der Waals surface area contributed by atoms with Gasteiger partial charge < -0.3 is 9.47 Å². The van der Waals surface area contributed by atoms with Gasteiger partial charge in [-0.25, -0.2) is 9.48 Å². The van der Waals surface area contributed by atoms with Crippen molar-refractivity contribution in [1.29, 1.82) is 0 Å². The summed E-state index contributed by atoms with van der Waals surface area (Å²) in [7, 11) is 0. The van der Waals surface area contributed by atoms with Gasteiger partial charge in [0, 0.05) is 6.07 Å². The number of tetrazole rings is 1. The lowest BCUT2D eigenvalue weighted by Crippen LogP contribution is -2.18. The molecule has 0 saturated heterocycles. The van der Waals surface area contributed by atoms with Crippen molar-refractivity contribution in [3.05, 3.63) is 59.9 Å². The summed E-state index contributed by atoms with van der Waals surface area (Å²) in [6.07, 6.45) is 1.46. The molecule has 0 unspecified atom stereocenters. The lowest BCUT2D eigenvalue weighted by Gasteiger charge is -2.11. The van der Waals surface area contributed by atoms with Gasteiger partial charge in [-0.15, -0.1) is 5.10 Å². The van der Waals surface area contributed by atoms with Crippen molar-refractivity contribution in [2.24, 2.45) is 0 Å². The highest BCUT2D eigenvalue weighted by Gasteiger charge is 2.09. The van der Waals surface area contributed by atoms with E-state index < -0.39 is 5.97 Å². The standard InChI is InChI=1S/C17H16N4O3/c1-12-5-3-8-16(13(12)2)23-10-17(22)24-15-7-4-6-14(9-15)21-11-18-19-20-21/h3-9,11H,10H2,1-2H3. The zero-order valence-corrected chi connectivity index (χ0v) is 13.3. The van der Waals surface area contributed by atoms with Crippen molar-refractivity contribution in [2.45, 2.75) is 13.8 Å². The molecule has 0 N–H and O–H groups in total. The number of carbonyl (C=O) groups excluding carboxylic acids is 1. The zero-order chi connectivity index (χ0) is 16.9. The van der Waals surface area contributed by atoms with Gasteiger partial charge in [0.2, 0.25) is 0 Å². The monoisotopic (exact) mass is 324 g/mol. The van der Waals surface area contributed by atoms with E-state index in [2.05, 4.69) is 15.5 Å². The minimum absolute atomic E-state index is 0.167. The van der Waals surface area contributed by atoms with E-state index in [9.17, 15) is 4.79 Å². The van der Waals surface area contributed by atoms with E-state index in [4.69, 9.17) is 9.47 Å². The van der Waals surface area contributed by atoms with Crippen LogP contribution in [0.4, 0.5) is 0 Å². The van der Waals surface area contributed by atoms with Gasteiger partial charge in [-0.05, 0) is 53.6 Å². The van der Waals surface area contributed by atoms with Crippen molar-refractivity contribution in [1.82, 2.24) is 20.2 Å². The average Bonchev–Trinajstić information content (AvgIpc) is 3.11. The van der Waals surface area contributed by atoms with Crippen LogP contribution in [0.2, 0.25) is 0 Å². The van der Waals surface area contributed by atoms with Gasteiger partial charge in [-0.2, -0.15) is 0 Å². The first kappa shape index (κ1) is 15.7. The second-order valence-electron chi connectivity index (χ2n) is 5.21. The lowest BCUT2D eigenvalue weighted by atomic mass is 10.1. The fraction of sp³-hybridized carbons (Fsp3) is 0.176. The molecule has 1 heterocycles. The Bertz CT molecular complexity index is 847. The summed E-state index contributed by atoms with van der Waals surface area (Å²) in [6, 6.07) is 12.6. The van der Waals surface area contributed by atoms with Gasteiger partial charge >= 0.3 is 5.97 Å². The summed E-state index contributed by atoms with van der Waals surface area (Å²) in [5.41, 5.74) is 2.81. The second kappa shape index (κ2) is 6.91. The molecule has 7 nitrogen and oxygen atoms in total. The van der Waals surface area contributed by atoms with E-state index in [-0.39, 0.29) is 6.61 Å². The number of esters is 1. The van der Waals surface area contributed by atoms with Gasteiger partial charge in [0.15, 0.2) is 6.61 Å². The van der Waals surface area contributed by atoms with Crippen molar-refractivity contribution < 1.29 is 14.3 Å². The van der Waals surface area contributed by atoms with E-state index in [0.29, 0.717) is 17.2 Å². The van der Waals surface area contributed by atoms with E-state index in [1.165, 1.54) is 11.0 Å². The molecule has 0 aliphatic rings. The van der Waals surface area contributed by atoms with E-state index >= 15 is 0 Å². The molecule has 0 radical (unpaired) electrons. The smallest absolute Gasteiger partial charge is 0.349 e. The summed E-state index contributed by atoms with van der Waals surface area (Å²) in [4.78, 5) is 12.0. The second-order valence-corrected chi connectivity index (χ2v) is 5.21. The number of ether oxygens (including phenoxy) is 2. The third kappa shape index (κ3) is 3.57. The van der Waals surface area contributed by atoms with Crippen LogP contribution in [0, 0.1) is 13.8 Å². The van der Waals surface area contributed by atoms with Gasteiger partial charge in [-0.1, -0.05) is 18.2 Å². The summed E-state index contributed by atoms with van der Waals surface area (Å²) >= 11 is 0.